The number of halogens is 3. The molecule has 1 unspecified atom stereocenters. The normalized spacial score (nSPS) is 18.0. The average Bonchev–Trinajstić information content (AvgIpc) is 3.15. The predicted molar refractivity (Wildman–Crippen MR) is 135 cm³/mol. The second kappa shape index (κ2) is 9.38. The number of amides is 4. The highest BCUT2D eigenvalue weighted by Gasteiger charge is 2.45. The minimum Gasteiger partial charge on any atom is -0.358 e. The summed E-state index contributed by atoms with van der Waals surface area (Å²) >= 11 is 5.82. The van der Waals surface area contributed by atoms with E-state index in [1.807, 2.05) is 5.32 Å². The van der Waals surface area contributed by atoms with E-state index < -0.39 is 57.4 Å². The number of carbonyl (C=O) groups is 4. The van der Waals surface area contributed by atoms with Crippen LogP contribution in [0.2, 0.25) is 5.02 Å². The fraction of sp³-hybridized carbons (Fsp3) is 0.273. The lowest BCUT2D eigenvalue weighted by Gasteiger charge is -2.31. The summed E-state index contributed by atoms with van der Waals surface area (Å²) in [6.07, 6.45) is 0.231. The van der Waals surface area contributed by atoms with Gasteiger partial charge in [0.05, 0.1) is 15.7 Å². The summed E-state index contributed by atoms with van der Waals surface area (Å²) in [4.78, 5) is 50.4. The molecule has 37 heavy (non-hydrogen) atoms. The lowest BCUT2D eigenvalue weighted by molar-refractivity contribution is -0.147. The zero-order valence-corrected chi connectivity index (χ0v) is 19.9. The molecule has 1 atom stereocenters. The van der Waals surface area contributed by atoms with Gasteiger partial charge >= 0.3 is 5.92 Å². The number of rotatable bonds is 5. The smallest absolute Gasteiger partial charge is 0.349 e. The third-order valence-corrected chi connectivity index (χ3v) is 6.74. The minimum atomic E-state index is -4.25. The van der Waals surface area contributed by atoms with Crippen LogP contribution >= 0.6 is 11.6 Å². The van der Waals surface area contributed by atoms with Crippen molar-refractivity contribution in [3.63, 3.8) is 0 Å². The summed E-state index contributed by atoms with van der Waals surface area (Å²) in [5.74, 6) is -7.63. The van der Waals surface area contributed by atoms with Crippen molar-refractivity contribution in [1.82, 2.24) is 15.5 Å². The molecule has 0 bridgehead atoms. The van der Waals surface area contributed by atoms with Crippen LogP contribution in [0.25, 0.3) is 0 Å². The molecule has 2 aliphatic heterocycles. The Morgan fingerprint density at radius 2 is 1.78 bits per heavy atom. The Morgan fingerprint density at radius 1 is 1.11 bits per heavy atom. The number of fused-ring (bicyclic) bond motifs is 1. The van der Waals surface area contributed by atoms with Gasteiger partial charge in [-0.2, -0.15) is 8.78 Å². The molecule has 2 N–H and O–H groups in total. The van der Waals surface area contributed by atoms with E-state index >= 15 is 8.78 Å². The molecule has 0 aromatic heterocycles. The van der Waals surface area contributed by atoms with Gasteiger partial charge in [-0.1, -0.05) is 46.2 Å². The first-order valence-electron chi connectivity index (χ1n) is 10.8. The Balaban J connectivity index is 1.57. The maximum atomic E-state index is 15.1. The lowest BCUT2D eigenvalue weighted by atomic mass is 9.57. The van der Waals surface area contributed by atoms with Crippen molar-refractivity contribution in [2.24, 2.45) is 0 Å². The number of hydrogen-bond donors (Lipinski definition) is 2. The summed E-state index contributed by atoms with van der Waals surface area (Å²) in [6.45, 7) is -0.0195. The second-order valence-corrected chi connectivity index (χ2v) is 9.20. The van der Waals surface area contributed by atoms with Crippen molar-refractivity contribution in [3.05, 3.63) is 51.5 Å². The third-order valence-electron chi connectivity index (χ3n) is 6.32. The van der Waals surface area contributed by atoms with Crippen LogP contribution < -0.4 is 27.0 Å². The number of alkyl halides is 2. The largest absolute Gasteiger partial charge is 0.358 e. The monoisotopic (exact) mass is 511 g/mol. The molecular weight excluding hydrogens is 498 g/mol. The highest BCUT2D eigenvalue weighted by molar-refractivity contribution is 6.59. The molecule has 2 aromatic rings. The first-order chi connectivity index (χ1) is 17.1. The van der Waals surface area contributed by atoms with Crippen LogP contribution in [-0.4, -0.2) is 73.8 Å². The molecule has 1 saturated heterocycles. The molecule has 0 spiro atoms. The van der Waals surface area contributed by atoms with Gasteiger partial charge in [0.15, 0.2) is 0 Å². The van der Waals surface area contributed by atoms with Gasteiger partial charge in [0.2, 0.25) is 11.8 Å². The number of benzene rings is 2. The number of imide groups is 1. The molecule has 7 nitrogen and oxygen atoms in total. The van der Waals surface area contributed by atoms with Gasteiger partial charge < -0.3 is 10.2 Å². The quantitative estimate of drug-likeness (QED) is 0.354. The number of nitrogens with zero attached hydrogens (tertiary/aromatic N) is 1. The van der Waals surface area contributed by atoms with E-state index in [9.17, 15) is 19.2 Å². The fourth-order valence-corrected chi connectivity index (χ4v) is 4.42. The summed E-state index contributed by atoms with van der Waals surface area (Å²) < 4.78 is 30.1. The average molecular weight is 511 g/mol. The Bertz CT molecular complexity index is 1370. The molecule has 15 heteroatoms. The number of carbonyl (C=O) groups excluding carboxylic acids is 4. The maximum absolute atomic E-state index is 15.1. The summed E-state index contributed by atoms with van der Waals surface area (Å²) in [5, 5.41) is 1.53. The van der Waals surface area contributed by atoms with Crippen LogP contribution in [0.5, 0.6) is 0 Å². The van der Waals surface area contributed by atoms with Crippen molar-refractivity contribution >= 4 is 90.8 Å². The molecular formula is C22H13B5ClF2N3O4. The fourth-order valence-electron chi connectivity index (χ4n) is 4.27. The van der Waals surface area contributed by atoms with Gasteiger partial charge in [0.1, 0.15) is 29.6 Å². The van der Waals surface area contributed by atoms with Gasteiger partial charge in [-0.05, 0) is 29.0 Å². The zero-order valence-electron chi connectivity index (χ0n) is 19.1. The van der Waals surface area contributed by atoms with Crippen LogP contribution in [0.15, 0.2) is 24.3 Å². The zero-order chi connectivity index (χ0) is 27.4. The Kier molecular flexibility index (Phi) is 6.86. The molecule has 4 amide bonds. The molecule has 1 fully saturated rings. The second-order valence-electron chi connectivity index (χ2n) is 8.82. The van der Waals surface area contributed by atoms with E-state index in [-0.39, 0.29) is 41.0 Å². The first-order valence-corrected chi connectivity index (χ1v) is 11.2. The van der Waals surface area contributed by atoms with E-state index in [1.54, 1.807) is 0 Å². The minimum absolute atomic E-state index is 0.00331. The molecule has 2 aliphatic rings. The molecule has 0 aliphatic carbocycles. The van der Waals surface area contributed by atoms with Gasteiger partial charge in [0, 0.05) is 29.1 Å². The lowest BCUT2D eigenvalue weighted by Crippen LogP contribution is -2.53. The highest BCUT2D eigenvalue weighted by Crippen LogP contribution is 2.31. The number of nitrogens with one attached hydrogen (secondary N) is 2. The molecule has 176 valence electrons. The van der Waals surface area contributed by atoms with Crippen LogP contribution in [0.3, 0.4) is 0 Å². The Morgan fingerprint density at radius 3 is 2.43 bits per heavy atom. The van der Waals surface area contributed by atoms with Crippen molar-refractivity contribution in [2.45, 2.75) is 36.7 Å². The van der Waals surface area contributed by atoms with E-state index in [0.717, 1.165) is 6.07 Å². The molecule has 4 rings (SSSR count). The van der Waals surface area contributed by atoms with E-state index in [4.69, 9.17) is 50.8 Å². The number of piperidine rings is 1. The predicted octanol–water partition coefficient (Wildman–Crippen LogP) is -2.16. The molecule has 0 saturated carbocycles. The third kappa shape index (κ3) is 4.71. The molecule has 2 heterocycles. The van der Waals surface area contributed by atoms with E-state index in [2.05, 4.69) is 5.32 Å². The van der Waals surface area contributed by atoms with Crippen molar-refractivity contribution in [2.75, 3.05) is 0 Å². The number of hydrogen-bond acceptors (Lipinski definition) is 4. The Labute approximate surface area is 222 Å². The first kappa shape index (κ1) is 27.0. The molecule has 2 aromatic carbocycles. The van der Waals surface area contributed by atoms with Gasteiger partial charge in [-0.3, -0.25) is 24.5 Å². The summed E-state index contributed by atoms with van der Waals surface area (Å²) in [7, 11) is 28.8. The van der Waals surface area contributed by atoms with Crippen LogP contribution in [-0.2, 0) is 32.2 Å². The van der Waals surface area contributed by atoms with E-state index in [0.29, 0.717) is 5.56 Å². The van der Waals surface area contributed by atoms with Gasteiger partial charge in [0.25, 0.3) is 11.8 Å². The van der Waals surface area contributed by atoms with Crippen molar-refractivity contribution < 1.29 is 28.0 Å². The summed E-state index contributed by atoms with van der Waals surface area (Å²) in [5.41, 5.74) is -1.72. The SMILES string of the molecule is [B]c1cc(C(F)(F)C(=O)NC([B])([B])c2ccc3c(c2)CN(C2CCC(=O)NC2=O)C3=O)c([B])c([B])c1Cl. The van der Waals surface area contributed by atoms with Crippen molar-refractivity contribution in [1.29, 1.82) is 0 Å². The highest BCUT2D eigenvalue weighted by atomic mass is 35.5. The van der Waals surface area contributed by atoms with Crippen LogP contribution in [0, 0.1) is 0 Å². The van der Waals surface area contributed by atoms with E-state index in [1.165, 1.54) is 23.1 Å². The standard InChI is InChI=1S/C22H13B5ClF2N3O4/c23-12-6-11(15(24)16(25)17(12)28)21(29,30)20(37)32-22(26,27)9-1-2-10-8(5-9)7-33(19(10)36)13-3-4-14(34)31-18(13)35/h1-2,5-6,13H,3-4,7H2,(H,32,37)(H,31,34,35). The Hall–Kier alpha value is -3.01. The van der Waals surface area contributed by atoms with Gasteiger partial charge in [-0.15, -0.1) is 0 Å². The maximum Gasteiger partial charge on any atom is 0.349 e. The topological polar surface area (TPSA) is 95.6 Å². The van der Waals surface area contributed by atoms with Crippen LogP contribution in [0.4, 0.5) is 8.78 Å². The van der Waals surface area contributed by atoms with Crippen molar-refractivity contribution in [3.8, 4) is 0 Å². The van der Waals surface area contributed by atoms with Crippen LogP contribution in [0.1, 0.15) is 39.9 Å². The summed E-state index contributed by atoms with van der Waals surface area (Å²) in [6, 6.07) is 3.88. The molecule has 10 radical (unpaired) electrons. The van der Waals surface area contributed by atoms with Gasteiger partial charge in [-0.25, -0.2) is 0 Å².